The monoisotopic (exact) mass is 283 g/mol. The molecule has 1 unspecified atom stereocenters. The van der Waals surface area contributed by atoms with Gasteiger partial charge in [-0.3, -0.25) is 4.68 Å². The summed E-state index contributed by atoms with van der Waals surface area (Å²) in [5.41, 5.74) is 2.48. The van der Waals surface area contributed by atoms with Gasteiger partial charge in [-0.05, 0) is 32.9 Å². The Morgan fingerprint density at radius 2 is 2.10 bits per heavy atom. The van der Waals surface area contributed by atoms with Crippen LogP contribution in [0.2, 0.25) is 0 Å². The lowest BCUT2D eigenvalue weighted by molar-refractivity contribution is 0.0660. The highest BCUT2D eigenvalue weighted by Crippen LogP contribution is 2.10. The van der Waals surface area contributed by atoms with E-state index in [9.17, 15) is 0 Å². The molecule has 20 heavy (non-hydrogen) atoms. The summed E-state index contributed by atoms with van der Waals surface area (Å²) in [4.78, 5) is 0. The molecule has 0 bridgehead atoms. The van der Waals surface area contributed by atoms with Crippen molar-refractivity contribution in [3.8, 4) is 0 Å². The summed E-state index contributed by atoms with van der Waals surface area (Å²) in [6.07, 6.45) is 2.98. The van der Waals surface area contributed by atoms with Crippen molar-refractivity contribution < 1.29 is 9.47 Å². The molecule has 0 aromatic carbocycles. The first-order valence-corrected chi connectivity index (χ1v) is 7.54. The third-order valence-corrected chi connectivity index (χ3v) is 3.48. The number of aromatic nitrogens is 2. The molecule has 1 atom stereocenters. The van der Waals surface area contributed by atoms with E-state index in [1.54, 1.807) is 7.11 Å². The first kappa shape index (κ1) is 17.1. The van der Waals surface area contributed by atoms with E-state index in [0.29, 0.717) is 19.3 Å². The van der Waals surface area contributed by atoms with Crippen LogP contribution in [0.1, 0.15) is 31.7 Å². The lowest BCUT2D eigenvalue weighted by Gasteiger charge is -2.16. The van der Waals surface area contributed by atoms with Gasteiger partial charge in [-0.1, -0.05) is 6.92 Å². The van der Waals surface area contributed by atoms with Gasteiger partial charge in [0.05, 0.1) is 18.9 Å². The van der Waals surface area contributed by atoms with Crippen molar-refractivity contribution in [3.63, 3.8) is 0 Å². The minimum absolute atomic E-state index is 0.421. The third kappa shape index (κ3) is 5.61. The molecule has 0 fully saturated rings. The molecule has 1 heterocycles. The molecule has 0 saturated heterocycles. The van der Waals surface area contributed by atoms with Gasteiger partial charge in [0.25, 0.3) is 0 Å². The molecule has 0 amide bonds. The van der Waals surface area contributed by atoms with Crippen molar-refractivity contribution in [2.45, 2.75) is 45.7 Å². The summed E-state index contributed by atoms with van der Waals surface area (Å²) in [5.74, 6) is 0. The van der Waals surface area contributed by atoms with E-state index in [4.69, 9.17) is 9.47 Å². The van der Waals surface area contributed by atoms with Gasteiger partial charge < -0.3 is 14.8 Å². The maximum atomic E-state index is 5.54. The van der Waals surface area contributed by atoms with Gasteiger partial charge in [-0.2, -0.15) is 5.10 Å². The summed E-state index contributed by atoms with van der Waals surface area (Å²) in [5, 5.41) is 7.96. The molecule has 5 heteroatoms. The van der Waals surface area contributed by atoms with Gasteiger partial charge in [0.2, 0.25) is 0 Å². The Labute approximate surface area is 122 Å². The normalized spacial score (nSPS) is 12.8. The number of methoxy groups -OCH3 is 1. The lowest BCUT2D eigenvalue weighted by atomic mass is 10.1. The van der Waals surface area contributed by atoms with Crippen molar-refractivity contribution in [1.82, 2.24) is 15.1 Å². The van der Waals surface area contributed by atoms with Gasteiger partial charge in [-0.15, -0.1) is 0 Å². The molecule has 0 aliphatic heterocycles. The van der Waals surface area contributed by atoms with Gasteiger partial charge in [0.1, 0.15) is 0 Å². The standard InChI is InChI=1S/C15H29N3O2/c1-5-13-11-15(18(6-2)17-13)12-14(16-3)7-8-20-10-9-19-4/h11,14,16H,5-10,12H2,1-4H3. The summed E-state index contributed by atoms with van der Waals surface area (Å²) < 4.78 is 12.6. The molecule has 1 rings (SSSR count). The third-order valence-electron chi connectivity index (χ3n) is 3.48. The van der Waals surface area contributed by atoms with Crippen LogP contribution in [0.15, 0.2) is 6.07 Å². The topological polar surface area (TPSA) is 48.3 Å². The van der Waals surface area contributed by atoms with Crippen LogP contribution in [0, 0.1) is 0 Å². The molecule has 0 spiro atoms. The van der Waals surface area contributed by atoms with E-state index in [1.165, 1.54) is 11.4 Å². The van der Waals surface area contributed by atoms with Crippen LogP contribution < -0.4 is 5.32 Å². The molecule has 5 nitrogen and oxygen atoms in total. The second kappa shape index (κ2) is 9.91. The van der Waals surface area contributed by atoms with Crippen molar-refractivity contribution >= 4 is 0 Å². The van der Waals surface area contributed by atoms with Crippen molar-refractivity contribution in [2.24, 2.45) is 0 Å². The van der Waals surface area contributed by atoms with E-state index in [0.717, 1.165) is 32.4 Å². The Balaban J connectivity index is 2.44. The Kier molecular flexibility index (Phi) is 8.49. The average molecular weight is 283 g/mol. The summed E-state index contributed by atoms with van der Waals surface area (Å²) >= 11 is 0. The van der Waals surface area contributed by atoms with Crippen LogP contribution in [0.5, 0.6) is 0 Å². The molecule has 0 saturated carbocycles. The molecule has 0 aliphatic carbocycles. The first-order chi connectivity index (χ1) is 9.74. The quantitative estimate of drug-likeness (QED) is 0.627. The predicted octanol–water partition coefficient (Wildman–Crippen LogP) is 1.65. The van der Waals surface area contributed by atoms with Crippen LogP contribution >= 0.6 is 0 Å². The zero-order chi connectivity index (χ0) is 14.8. The lowest BCUT2D eigenvalue weighted by Crippen LogP contribution is -2.30. The zero-order valence-corrected chi connectivity index (χ0v) is 13.3. The Bertz CT molecular complexity index is 366. The predicted molar refractivity (Wildman–Crippen MR) is 81.1 cm³/mol. The van der Waals surface area contributed by atoms with E-state index in [-0.39, 0.29) is 0 Å². The van der Waals surface area contributed by atoms with Crippen LogP contribution in [0.25, 0.3) is 0 Å². The molecule has 0 radical (unpaired) electrons. The maximum Gasteiger partial charge on any atom is 0.0700 e. The fourth-order valence-corrected chi connectivity index (χ4v) is 2.20. The highest BCUT2D eigenvalue weighted by Gasteiger charge is 2.12. The SMILES string of the molecule is CCc1cc(CC(CCOCCOC)NC)n(CC)n1. The fourth-order valence-electron chi connectivity index (χ4n) is 2.20. The molecular formula is C15H29N3O2. The molecule has 1 aromatic rings. The second-order valence-corrected chi connectivity index (χ2v) is 4.88. The number of hydrogen-bond acceptors (Lipinski definition) is 4. The number of nitrogens with one attached hydrogen (secondary N) is 1. The van der Waals surface area contributed by atoms with Gasteiger partial charge >= 0.3 is 0 Å². The Morgan fingerprint density at radius 1 is 1.30 bits per heavy atom. The van der Waals surface area contributed by atoms with Crippen LogP contribution in [-0.4, -0.2) is 49.8 Å². The van der Waals surface area contributed by atoms with Crippen molar-refractivity contribution in [2.75, 3.05) is 34.0 Å². The summed E-state index contributed by atoms with van der Waals surface area (Å²) in [6, 6.07) is 2.64. The Hall–Kier alpha value is -0.910. The number of hydrogen-bond donors (Lipinski definition) is 1. The number of nitrogens with zero attached hydrogens (tertiary/aromatic N) is 2. The van der Waals surface area contributed by atoms with E-state index in [1.807, 2.05) is 7.05 Å². The summed E-state index contributed by atoms with van der Waals surface area (Å²) in [7, 11) is 3.70. The van der Waals surface area contributed by atoms with Gasteiger partial charge in [-0.25, -0.2) is 0 Å². The minimum Gasteiger partial charge on any atom is -0.382 e. The number of aryl methyl sites for hydroxylation is 2. The number of ether oxygens (including phenoxy) is 2. The fraction of sp³-hybridized carbons (Fsp3) is 0.800. The largest absolute Gasteiger partial charge is 0.382 e. The smallest absolute Gasteiger partial charge is 0.0700 e. The number of likely N-dealkylation sites (N-methyl/N-ethyl adjacent to an activating group) is 1. The van der Waals surface area contributed by atoms with Crippen LogP contribution in [-0.2, 0) is 28.9 Å². The van der Waals surface area contributed by atoms with E-state index >= 15 is 0 Å². The van der Waals surface area contributed by atoms with Crippen LogP contribution in [0.3, 0.4) is 0 Å². The molecular weight excluding hydrogens is 254 g/mol. The maximum absolute atomic E-state index is 5.54. The zero-order valence-electron chi connectivity index (χ0n) is 13.3. The van der Waals surface area contributed by atoms with Crippen molar-refractivity contribution in [1.29, 1.82) is 0 Å². The number of rotatable bonds is 11. The highest BCUT2D eigenvalue weighted by atomic mass is 16.5. The summed E-state index contributed by atoms with van der Waals surface area (Å²) in [6.45, 7) is 7.29. The second-order valence-electron chi connectivity index (χ2n) is 4.88. The minimum atomic E-state index is 0.421. The highest BCUT2D eigenvalue weighted by molar-refractivity contribution is 5.12. The van der Waals surface area contributed by atoms with Gasteiger partial charge in [0, 0.05) is 38.4 Å². The average Bonchev–Trinajstić information content (AvgIpc) is 2.87. The van der Waals surface area contributed by atoms with Gasteiger partial charge in [0.15, 0.2) is 0 Å². The molecule has 1 N–H and O–H groups in total. The van der Waals surface area contributed by atoms with E-state index in [2.05, 4.69) is 35.0 Å². The first-order valence-electron chi connectivity index (χ1n) is 7.54. The molecule has 0 aliphatic rings. The Morgan fingerprint density at radius 3 is 2.70 bits per heavy atom. The van der Waals surface area contributed by atoms with Crippen molar-refractivity contribution in [3.05, 3.63) is 17.5 Å². The van der Waals surface area contributed by atoms with E-state index < -0.39 is 0 Å². The molecule has 116 valence electrons. The van der Waals surface area contributed by atoms with Crippen LogP contribution in [0.4, 0.5) is 0 Å². The molecule has 1 aromatic heterocycles.